The number of amides is 2. The molecule has 0 atom stereocenters. The van der Waals surface area contributed by atoms with Crippen LogP contribution in [0.1, 0.15) is 37.7 Å². The average Bonchev–Trinajstić information content (AvgIpc) is 2.93. The quantitative estimate of drug-likeness (QED) is 0.441. The van der Waals surface area contributed by atoms with E-state index in [1.54, 1.807) is 49.6 Å². The highest BCUT2D eigenvalue weighted by Gasteiger charge is 2.38. The Kier molecular flexibility index (Phi) is 6.98. The molecule has 0 unspecified atom stereocenters. The van der Waals surface area contributed by atoms with Crippen molar-refractivity contribution in [2.45, 2.75) is 44.7 Å². The summed E-state index contributed by atoms with van der Waals surface area (Å²) in [6, 6.07) is 9.62. The fraction of sp³-hybridized carbons (Fsp3) is 0.370. The largest absolute Gasteiger partial charge is 0.497 e. The molecule has 0 bridgehead atoms. The van der Waals surface area contributed by atoms with Gasteiger partial charge in [0.15, 0.2) is 17.3 Å². The number of fused-ring (bicyclic) bond motifs is 1. The Balaban J connectivity index is 1.51. The van der Waals surface area contributed by atoms with Gasteiger partial charge in [-0.25, -0.2) is 14.2 Å². The maximum absolute atomic E-state index is 15.0. The summed E-state index contributed by atoms with van der Waals surface area (Å²) >= 11 is 0. The van der Waals surface area contributed by atoms with Gasteiger partial charge in [0.2, 0.25) is 5.95 Å². The van der Waals surface area contributed by atoms with Gasteiger partial charge in [-0.3, -0.25) is 9.80 Å². The summed E-state index contributed by atoms with van der Waals surface area (Å²) < 4.78 is 30.8. The van der Waals surface area contributed by atoms with Crippen molar-refractivity contribution < 1.29 is 23.4 Å². The van der Waals surface area contributed by atoms with Crippen molar-refractivity contribution in [3.05, 3.63) is 54.0 Å². The summed E-state index contributed by atoms with van der Waals surface area (Å²) in [4.78, 5) is 26.3. The maximum atomic E-state index is 15.0. The molecule has 0 spiro atoms. The molecule has 10 heteroatoms. The van der Waals surface area contributed by atoms with E-state index in [0.717, 1.165) is 37.7 Å². The topological polar surface area (TPSA) is 89.1 Å². The lowest BCUT2D eigenvalue weighted by Gasteiger charge is -2.41. The lowest BCUT2D eigenvalue weighted by molar-refractivity contribution is 0.244. The number of rotatable bonds is 7. The van der Waals surface area contributed by atoms with Crippen molar-refractivity contribution in [2.24, 2.45) is 0 Å². The SMILES string of the molecule is COc1ccc(N2Cc3cnc(Nc4ccc(OC)c(OC)c4)nc3N(C3CCCCC3)C2=O)c(F)c1. The molecule has 194 valence electrons. The van der Waals surface area contributed by atoms with Gasteiger partial charge in [-0.2, -0.15) is 4.98 Å². The normalized spacial score (nSPS) is 15.8. The zero-order valence-electron chi connectivity index (χ0n) is 21.2. The van der Waals surface area contributed by atoms with Crippen LogP contribution in [0.25, 0.3) is 0 Å². The van der Waals surface area contributed by atoms with Gasteiger partial charge in [0.25, 0.3) is 0 Å². The number of nitrogens with zero attached hydrogens (tertiary/aromatic N) is 4. The minimum absolute atomic E-state index is 0.0204. The van der Waals surface area contributed by atoms with Crippen LogP contribution in [0.3, 0.4) is 0 Å². The summed E-state index contributed by atoms with van der Waals surface area (Å²) in [7, 11) is 4.63. The average molecular weight is 508 g/mol. The van der Waals surface area contributed by atoms with Crippen LogP contribution in [-0.4, -0.2) is 43.4 Å². The van der Waals surface area contributed by atoms with Crippen LogP contribution in [-0.2, 0) is 6.54 Å². The number of hydrogen-bond acceptors (Lipinski definition) is 7. The smallest absolute Gasteiger partial charge is 0.330 e. The van der Waals surface area contributed by atoms with Crippen LogP contribution in [0.4, 0.5) is 32.3 Å². The molecular formula is C27H30FN5O4. The van der Waals surface area contributed by atoms with Gasteiger partial charge >= 0.3 is 6.03 Å². The van der Waals surface area contributed by atoms with Crippen LogP contribution in [0.15, 0.2) is 42.6 Å². The molecule has 1 fully saturated rings. The van der Waals surface area contributed by atoms with Gasteiger partial charge in [-0.1, -0.05) is 19.3 Å². The molecule has 2 aromatic carbocycles. The summed E-state index contributed by atoms with van der Waals surface area (Å²) in [5, 5.41) is 3.20. The standard InChI is InChI=1S/C27H30FN5O4/c1-35-20-10-11-22(21(28)14-20)32-16-17-15-29-26(30-18-9-12-23(36-2)24(13-18)37-3)31-25(17)33(27(32)34)19-7-5-4-6-8-19/h9-15,19H,4-8,16H2,1-3H3,(H,29,30,31). The number of nitrogens with one attached hydrogen (secondary N) is 1. The van der Waals surface area contributed by atoms with E-state index in [1.807, 2.05) is 6.07 Å². The van der Waals surface area contributed by atoms with E-state index in [-0.39, 0.29) is 24.3 Å². The molecule has 1 saturated carbocycles. The highest BCUT2D eigenvalue weighted by atomic mass is 19.1. The highest BCUT2D eigenvalue weighted by molar-refractivity contribution is 6.06. The number of ether oxygens (including phenoxy) is 3. The van der Waals surface area contributed by atoms with Gasteiger partial charge in [0.1, 0.15) is 11.6 Å². The Bertz CT molecular complexity index is 1300. The molecule has 2 aliphatic rings. The van der Waals surface area contributed by atoms with Gasteiger partial charge in [-0.15, -0.1) is 0 Å². The first kappa shape index (κ1) is 24.6. The minimum atomic E-state index is -0.521. The van der Waals surface area contributed by atoms with Crippen molar-refractivity contribution in [1.29, 1.82) is 0 Å². The number of carbonyl (C=O) groups excluding carboxylic acids is 1. The number of hydrogen-bond donors (Lipinski definition) is 1. The van der Waals surface area contributed by atoms with E-state index >= 15 is 4.39 Å². The molecule has 5 rings (SSSR count). The predicted molar refractivity (Wildman–Crippen MR) is 139 cm³/mol. The zero-order valence-corrected chi connectivity index (χ0v) is 21.2. The van der Waals surface area contributed by atoms with Crippen LogP contribution < -0.4 is 29.3 Å². The van der Waals surface area contributed by atoms with Gasteiger partial charge in [-0.05, 0) is 37.1 Å². The van der Waals surface area contributed by atoms with Crippen LogP contribution in [0.5, 0.6) is 17.2 Å². The minimum Gasteiger partial charge on any atom is -0.497 e. The number of urea groups is 1. The van der Waals surface area contributed by atoms with Crippen LogP contribution in [0.2, 0.25) is 0 Å². The summed E-state index contributed by atoms with van der Waals surface area (Å²) in [6.07, 6.45) is 6.63. The Morgan fingerprint density at radius 1 is 0.973 bits per heavy atom. The first-order valence-corrected chi connectivity index (χ1v) is 12.3. The third-order valence-electron chi connectivity index (χ3n) is 6.86. The van der Waals surface area contributed by atoms with E-state index in [0.29, 0.717) is 34.7 Å². The van der Waals surface area contributed by atoms with Gasteiger partial charge < -0.3 is 19.5 Å². The Morgan fingerprint density at radius 2 is 1.76 bits per heavy atom. The highest BCUT2D eigenvalue weighted by Crippen LogP contribution is 2.38. The molecule has 0 saturated heterocycles. The number of carbonyl (C=O) groups is 1. The summed E-state index contributed by atoms with van der Waals surface area (Å²) in [6.45, 7) is 0.164. The summed E-state index contributed by atoms with van der Waals surface area (Å²) in [5.74, 6) is 1.96. The van der Waals surface area contributed by atoms with E-state index in [4.69, 9.17) is 19.2 Å². The van der Waals surface area contributed by atoms with Crippen molar-refractivity contribution in [3.63, 3.8) is 0 Å². The molecule has 37 heavy (non-hydrogen) atoms. The fourth-order valence-corrected chi connectivity index (χ4v) is 4.97. The molecule has 2 amide bonds. The third-order valence-corrected chi connectivity index (χ3v) is 6.86. The van der Waals surface area contributed by atoms with Crippen molar-refractivity contribution in [1.82, 2.24) is 9.97 Å². The molecule has 3 aromatic rings. The predicted octanol–water partition coefficient (Wildman–Crippen LogP) is 5.66. The van der Waals surface area contributed by atoms with Crippen molar-refractivity contribution in [3.8, 4) is 17.2 Å². The molecule has 0 radical (unpaired) electrons. The molecule has 1 aliphatic carbocycles. The lowest BCUT2D eigenvalue weighted by Crippen LogP contribution is -2.53. The number of aromatic nitrogens is 2. The number of methoxy groups -OCH3 is 3. The van der Waals surface area contributed by atoms with Crippen LogP contribution >= 0.6 is 0 Å². The first-order chi connectivity index (χ1) is 18.0. The Labute approximate surface area is 215 Å². The zero-order chi connectivity index (χ0) is 25.9. The second-order valence-electron chi connectivity index (χ2n) is 9.09. The van der Waals surface area contributed by atoms with E-state index in [9.17, 15) is 4.79 Å². The third kappa shape index (κ3) is 4.83. The Hall–Kier alpha value is -4.08. The molecule has 2 heterocycles. The monoisotopic (exact) mass is 507 g/mol. The maximum Gasteiger partial charge on any atom is 0.330 e. The first-order valence-electron chi connectivity index (χ1n) is 12.3. The van der Waals surface area contributed by atoms with E-state index in [1.165, 1.54) is 18.1 Å². The second-order valence-corrected chi connectivity index (χ2v) is 9.09. The second kappa shape index (κ2) is 10.5. The Morgan fingerprint density at radius 3 is 2.46 bits per heavy atom. The molecular weight excluding hydrogens is 477 g/mol. The van der Waals surface area contributed by atoms with Crippen LogP contribution in [0, 0.1) is 5.82 Å². The van der Waals surface area contributed by atoms with Gasteiger partial charge in [0.05, 0.1) is 33.6 Å². The summed E-state index contributed by atoms with van der Waals surface area (Å²) in [5.41, 5.74) is 1.66. The number of halogens is 1. The molecule has 1 aliphatic heterocycles. The van der Waals surface area contributed by atoms with Crippen molar-refractivity contribution >= 4 is 29.2 Å². The van der Waals surface area contributed by atoms with Gasteiger partial charge in [0, 0.05) is 35.6 Å². The number of benzene rings is 2. The fourth-order valence-electron chi connectivity index (χ4n) is 4.97. The molecule has 1 N–H and O–H groups in total. The van der Waals surface area contributed by atoms with E-state index in [2.05, 4.69) is 10.3 Å². The lowest BCUT2D eigenvalue weighted by atomic mass is 9.93. The number of anilines is 4. The van der Waals surface area contributed by atoms with Crippen molar-refractivity contribution in [2.75, 3.05) is 36.4 Å². The van der Waals surface area contributed by atoms with E-state index < -0.39 is 5.82 Å². The molecule has 9 nitrogen and oxygen atoms in total. The molecule has 1 aromatic heterocycles.